The number of rotatable bonds is 6. The Balaban J connectivity index is 1.48. The molecule has 1 saturated carbocycles. The highest BCUT2D eigenvalue weighted by Crippen LogP contribution is 2.44. The molecular formula is C18H22N2O3. The maximum absolute atomic E-state index is 12.1. The van der Waals surface area contributed by atoms with Gasteiger partial charge in [-0.05, 0) is 37.1 Å². The third-order valence-electron chi connectivity index (χ3n) is 4.11. The first-order chi connectivity index (χ1) is 11.2. The molecule has 1 aromatic carbocycles. The van der Waals surface area contributed by atoms with E-state index in [4.69, 9.17) is 9.15 Å². The molecule has 0 aliphatic heterocycles. The number of carbonyl (C=O) groups is 1. The normalized spacial score (nSPS) is 20.6. The average Bonchev–Trinajstić information content (AvgIpc) is 3.09. The number of methoxy groups -OCH3 is 1. The van der Waals surface area contributed by atoms with Gasteiger partial charge < -0.3 is 19.8 Å². The Kier molecular flexibility index (Phi) is 4.55. The summed E-state index contributed by atoms with van der Waals surface area (Å²) in [6.07, 6.45) is 3.27. The molecule has 1 fully saturated rings. The molecule has 5 nitrogen and oxygen atoms in total. The van der Waals surface area contributed by atoms with E-state index in [-0.39, 0.29) is 18.1 Å². The number of carbonyl (C=O) groups excluding carboxylic acids is 1. The van der Waals surface area contributed by atoms with Gasteiger partial charge in [0.15, 0.2) is 0 Å². The highest BCUT2D eigenvalue weighted by Gasteiger charge is 2.41. The molecule has 0 bridgehead atoms. The lowest BCUT2D eigenvalue weighted by Crippen LogP contribution is -2.42. The standard InChI is InChI=1S/C18H22N2O3/c1-12(10-13-6-5-9-23-13)19-18(21)20-16-11-15(16)14-7-3-4-8-17(14)22-2/h3-9,12,15-16H,10-11H2,1-2H3,(H2,19,20,21)/t12-,15+,16-/m1/s1. The molecule has 3 rings (SSSR count). The molecular weight excluding hydrogens is 292 g/mol. The Morgan fingerprint density at radius 3 is 2.91 bits per heavy atom. The molecule has 122 valence electrons. The largest absolute Gasteiger partial charge is 0.496 e. The number of hydrogen-bond acceptors (Lipinski definition) is 3. The molecule has 23 heavy (non-hydrogen) atoms. The van der Waals surface area contributed by atoms with Crippen molar-refractivity contribution in [1.29, 1.82) is 0 Å². The van der Waals surface area contributed by atoms with Gasteiger partial charge in [-0.3, -0.25) is 0 Å². The lowest BCUT2D eigenvalue weighted by atomic mass is 10.1. The minimum absolute atomic E-state index is 0.0182. The summed E-state index contributed by atoms with van der Waals surface area (Å²) in [6, 6.07) is 11.8. The smallest absolute Gasteiger partial charge is 0.315 e. The van der Waals surface area contributed by atoms with Gasteiger partial charge in [-0.25, -0.2) is 4.79 Å². The van der Waals surface area contributed by atoms with E-state index in [0.29, 0.717) is 12.3 Å². The number of ether oxygens (including phenoxy) is 1. The zero-order chi connectivity index (χ0) is 16.2. The van der Waals surface area contributed by atoms with Gasteiger partial charge in [0.1, 0.15) is 11.5 Å². The molecule has 2 N–H and O–H groups in total. The van der Waals surface area contributed by atoms with Gasteiger partial charge in [0.2, 0.25) is 0 Å². The Morgan fingerprint density at radius 1 is 1.35 bits per heavy atom. The van der Waals surface area contributed by atoms with Gasteiger partial charge in [0.05, 0.1) is 13.4 Å². The van der Waals surface area contributed by atoms with Crippen molar-refractivity contribution in [2.75, 3.05) is 7.11 Å². The van der Waals surface area contributed by atoms with Crippen molar-refractivity contribution in [1.82, 2.24) is 10.6 Å². The van der Waals surface area contributed by atoms with E-state index in [9.17, 15) is 4.79 Å². The third-order valence-corrected chi connectivity index (χ3v) is 4.11. The van der Waals surface area contributed by atoms with Gasteiger partial charge in [-0.1, -0.05) is 18.2 Å². The van der Waals surface area contributed by atoms with Crippen LogP contribution in [-0.4, -0.2) is 25.2 Å². The molecule has 1 aliphatic carbocycles. The highest BCUT2D eigenvalue weighted by molar-refractivity contribution is 5.75. The van der Waals surface area contributed by atoms with Crippen LogP contribution in [0.4, 0.5) is 4.79 Å². The summed E-state index contributed by atoms with van der Waals surface area (Å²) in [4.78, 5) is 12.1. The molecule has 0 radical (unpaired) electrons. The van der Waals surface area contributed by atoms with Crippen LogP contribution in [0.1, 0.15) is 30.6 Å². The number of benzene rings is 1. The van der Waals surface area contributed by atoms with Gasteiger partial charge in [0.25, 0.3) is 0 Å². The number of hydrogen-bond donors (Lipinski definition) is 2. The van der Waals surface area contributed by atoms with E-state index in [1.165, 1.54) is 0 Å². The fourth-order valence-electron chi connectivity index (χ4n) is 2.89. The molecule has 1 heterocycles. The van der Waals surface area contributed by atoms with E-state index in [2.05, 4.69) is 16.7 Å². The topological polar surface area (TPSA) is 63.5 Å². The van der Waals surface area contributed by atoms with E-state index < -0.39 is 0 Å². The minimum Gasteiger partial charge on any atom is -0.496 e. The summed E-state index contributed by atoms with van der Waals surface area (Å²) >= 11 is 0. The lowest BCUT2D eigenvalue weighted by Gasteiger charge is -2.14. The van der Waals surface area contributed by atoms with Gasteiger partial charge in [-0.15, -0.1) is 0 Å². The summed E-state index contributed by atoms with van der Waals surface area (Å²) in [5, 5.41) is 5.98. The highest BCUT2D eigenvalue weighted by atomic mass is 16.5. The van der Waals surface area contributed by atoms with Crippen LogP contribution in [0.3, 0.4) is 0 Å². The molecule has 0 saturated heterocycles. The van der Waals surface area contributed by atoms with Gasteiger partial charge in [-0.2, -0.15) is 0 Å². The predicted molar refractivity (Wildman–Crippen MR) is 87.7 cm³/mol. The molecule has 1 aliphatic rings. The second kappa shape index (κ2) is 6.77. The number of amides is 2. The van der Waals surface area contributed by atoms with Crippen molar-refractivity contribution >= 4 is 6.03 Å². The van der Waals surface area contributed by atoms with Crippen molar-refractivity contribution in [2.45, 2.75) is 37.8 Å². The molecule has 0 unspecified atom stereocenters. The quantitative estimate of drug-likeness (QED) is 0.861. The lowest BCUT2D eigenvalue weighted by molar-refractivity contribution is 0.236. The first kappa shape index (κ1) is 15.5. The average molecular weight is 314 g/mol. The zero-order valence-corrected chi connectivity index (χ0v) is 13.4. The first-order valence-corrected chi connectivity index (χ1v) is 7.89. The second-order valence-electron chi connectivity index (χ2n) is 5.99. The first-order valence-electron chi connectivity index (χ1n) is 7.89. The van der Waals surface area contributed by atoms with Crippen molar-refractivity contribution in [3.63, 3.8) is 0 Å². The number of furan rings is 1. The number of nitrogens with one attached hydrogen (secondary N) is 2. The summed E-state index contributed by atoms with van der Waals surface area (Å²) in [6.45, 7) is 1.96. The van der Waals surface area contributed by atoms with E-state index in [1.54, 1.807) is 13.4 Å². The monoisotopic (exact) mass is 314 g/mol. The van der Waals surface area contributed by atoms with Crippen molar-refractivity contribution in [3.05, 3.63) is 54.0 Å². The molecule has 2 aromatic rings. The van der Waals surface area contributed by atoms with E-state index in [1.807, 2.05) is 37.3 Å². The number of para-hydroxylation sites is 1. The molecule has 3 atom stereocenters. The number of urea groups is 1. The molecule has 5 heteroatoms. The summed E-state index contributed by atoms with van der Waals surface area (Å²) < 4.78 is 10.7. The zero-order valence-electron chi connectivity index (χ0n) is 13.4. The molecule has 1 aromatic heterocycles. The van der Waals surface area contributed by atoms with Crippen LogP contribution in [0.25, 0.3) is 0 Å². The fraction of sp³-hybridized carbons (Fsp3) is 0.389. The third kappa shape index (κ3) is 3.86. The van der Waals surface area contributed by atoms with E-state index in [0.717, 1.165) is 23.5 Å². The van der Waals surface area contributed by atoms with Crippen molar-refractivity contribution in [2.24, 2.45) is 0 Å². The van der Waals surface area contributed by atoms with Crippen LogP contribution in [0.15, 0.2) is 47.1 Å². The second-order valence-corrected chi connectivity index (χ2v) is 5.99. The SMILES string of the molecule is COc1ccccc1[C@@H]1C[C@H]1NC(=O)N[C@H](C)Cc1ccco1. The van der Waals surface area contributed by atoms with Crippen LogP contribution in [0.5, 0.6) is 5.75 Å². The van der Waals surface area contributed by atoms with Crippen LogP contribution < -0.4 is 15.4 Å². The Labute approximate surface area is 136 Å². The summed E-state index contributed by atoms with van der Waals surface area (Å²) in [5.41, 5.74) is 1.16. The van der Waals surface area contributed by atoms with Crippen molar-refractivity contribution in [3.8, 4) is 5.75 Å². The van der Waals surface area contributed by atoms with Crippen LogP contribution in [-0.2, 0) is 6.42 Å². The van der Waals surface area contributed by atoms with Crippen LogP contribution in [0.2, 0.25) is 0 Å². The van der Waals surface area contributed by atoms with Gasteiger partial charge in [0, 0.05) is 24.4 Å². The maximum atomic E-state index is 12.1. The minimum atomic E-state index is -0.133. The predicted octanol–water partition coefficient (Wildman–Crippen LogP) is 3.07. The molecule has 0 spiro atoms. The van der Waals surface area contributed by atoms with Gasteiger partial charge >= 0.3 is 6.03 Å². The Hall–Kier alpha value is -2.43. The van der Waals surface area contributed by atoms with E-state index >= 15 is 0 Å². The van der Waals surface area contributed by atoms with Crippen LogP contribution in [0, 0.1) is 0 Å². The summed E-state index contributed by atoms with van der Waals surface area (Å²) in [5.74, 6) is 2.08. The summed E-state index contributed by atoms with van der Waals surface area (Å²) in [7, 11) is 1.67. The Bertz CT molecular complexity index is 654. The fourth-order valence-corrected chi connectivity index (χ4v) is 2.89. The molecule has 2 amide bonds. The van der Waals surface area contributed by atoms with Crippen molar-refractivity contribution < 1.29 is 13.9 Å². The Morgan fingerprint density at radius 2 is 2.17 bits per heavy atom. The van der Waals surface area contributed by atoms with Crippen LogP contribution >= 0.6 is 0 Å². The maximum Gasteiger partial charge on any atom is 0.315 e.